The zero-order valence-corrected chi connectivity index (χ0v) is 57.8. The monoisotopic (exact) mass is 1300 g/mol. The molecule has 4 aliphatic rings. The number of carbonyl (C=O) groups excluding carboxylic acids is 5. The number of hydrogen-bond acceptors (Lipinski definition) is 11. The SMILES string of the molecule is C=C=C=C=C=C=C=C=C=C=C=C=C.CC(C)(C)NC(=O)N[C@H](C(=O)N1C[C@@]2(CC(c3cccc(Cl)c3)=NO2)C[C@H]1C(=O)O)C(C)(C)C.COC(=O)[C@@H]1C[C@]2(CC(c3cccc(Cl)c3)=NO2)CN1C(=O)[C@@H](NC(=O)NC(C)(C)C)C(C)(C)C.[B][B]B(B([B])[B])B(B([B])[B])B([B])[B]. The van der Waals surface area contributed by atoms with Crippen molar-refractivity contribution in [2.45, 2.75) is 155 Å². The van der Waals surface area contributed by atoms with Gasteiger partial charge >= 0.3 is 24.0 Å². The number of carbonyl (C=O) groups is 6. The summed E-state index contributed by atoms with van der Waals surface area (Å²) < 4.78 is 5.01. The van der Waals surface area contributed by atoms with Crippen molar-refractivity contribution >= 4 is 164 Å². The van der Waals surface area contributed by atoms with Crippen molar-refractivity contribution in [3.05, 3.63) is 146 Å². The van der Waals surface area contributed by atoms with Crippen molar-refractivity contribution in [2.24, 2.45) is 21.1 Å². The minimum absolute atomic E-state index is 0.0471. The van der Waals surface area contributed by atoms with E-state index in [1.807, 2.05) is 101 Å². The van der Waals surface area contributed by atoms with E-state index in [9.17, 15) is 33.9 Å². The Morgan fingerprint density at radius 3 is 1.27 bits per heavy atom. The molecule has 0 unspecified atom stereocenters. The van der Waals surface area contributed by atoms with Gasteiger partial charge in [0.15, 0.2) is 11.2 Å². The smallest absolute Gasteiger partial charge is 0.328 e. The fourth-order valence-electron chi connectivity index (χ4n) is 10.2. The zero-order valence-electron chi connectivity index (χ0n) is 56.3. The minimum Gasteiger partial charge on any atom is -0.480 e. The molecule has 4 aliphatic heterocycles. The number of halogens is 2. The number of esters is 1. The van der Waals surface area contributed by atoms with Gasteiger partial charge in [-0.2, -0.15) is 0 Å². The lowest BCUT2D eigenvalue weighted by Crippen LogP contribution is -2.69. The number of nitrogens with zero attached hydrogens (tertiary/aromatic N) is 4. The van der Waals surface area contributed by atoms with Gasteiger partial charge in [-0.15, -0.1) is 0 Å². The molecule has 4 heterocycles. The number of aliphatic carboxylic acids is 1. The van der Waals surface area contributed by atoms with Crippen molar-refractivity contribution < 1.29 is 48.3 Å². The molecule has 2 aromatic rings. The number of methoxy groups -OCH3 is 1. The maximum absolute atomic E-state index is 13.8. The summed E-state index contributed by atoms with van der Waals surface area (Å²) in [4.78, 5) is 91.9. The highest BCUT2D eigenvalue weighted by Gasteiger charge is 2.57. The fourth-order valence-corrected chi connectivity index (χ4v) is 10.6. The van der Waals surface area contributed by atoms with E-state index in [-0.39, 0.29) is 38.2 Å². The molecule has 6 rings (SSSR count). The Labute approximate surface area is 582 Å². The molecule has 0 aromatic heterocycles. The molecule has 95 heavy (non-hydrogen) atoms. The number of urea groups is 2. The van der Waals surface area contributed by atoms with E-state index < -0.39 is 113 Å². The standard InChI is InChI=1S/C25H35ClN4O5.C24H33ClN4O5.C13H4.B13/c1-23(2,3)19(27-22(33)28-24(4,5)6)20(31)30-14-25(13-18(30)21(32)34-7)12-17(29-35-25)15-9-8-10-16(26)11-15;1-22(2,3)18(26-21(33)27-23(4,5)6)19(30)29-13-24(12-17(29)20(31)32)11-16(28-34-24)14-8-7-9-15(25)10-14;1-3-5-7-9-11-13-12-10-8-6-4-2;1-8-12(9(2)3)13(10(4)5)11(6)7/h8-11,18-19H,12-14H2,1-7H3,(H2,27,28,33);7-10,17-18H,11-13H2,1-6H3,(H,31,32)(H2,26,27,33);1-2H2;/t18-,19+,25+;17-,18+,24+;;/m00../s1. The van der Waals surface area contributed by atoms with Crippen LogP contribution in [0.15, 0.2) is 135 Å². The molecule has 2 spiro atoms. The number of nitrogens with one attached hydrogen (secondary N) is 4. The first-order valence-electron chi connectivity index (χ1n) is 30.1. The molecule has 0 aliphatic carbocycles. The lowest BCUT2D eigenvalue weighted by molar-refractivity contribution is -0.152. The van der Waals surface area contributed by atoms with Gasteiger partial charge in [0.1, 0.15) is 24.2 Å². The van der Waals surface area contributed by atoms with Crippen LogP contribution in [0, 0.1) is 10.8 Å². The van der Waals surface area contributed by atoms with Crippen LogP contribution in [0.2, 0.25) is 10.0 Å². The first-order chi connectivity index (χ1) is 44.1. The Hall–Kier alpha value is -7.46. The summed E-state index contributed by atoms with van der Waals surface area (Å²) >= 11 is 12.2. The van der Waals surface area contributed by atoms with Gasteiger partial charge in [0.25, 0.3) is 0 Å². The second-order valence-corrected chi connectivity index (χ2v) is 28.0. The number of benzene rings is 2. The lowest BCUT2D eigenvalue weighted by atomic mass is 8.50. The van der Waals surface area contributed by atoms with Crippen molar-refractivity contribution in [3.8, 4) is 0 Å². The van der Waals surface area contributed by atoms with E-state index in [2.05, 4.69) is 108 Å². The van der Waals surface area contributed by atoms with E-state index in [1.54, 1.807) is 30.3 Å². The lowest BCUT2D eigenvalue weighted by Gasteiger charge is -2.36. The summed E-state index contributed by atoms with van der Waals surface area (Å²) in [5.41, 5.74) is 25.8. The molecule has 6 atom stereocenters. The topological polar surface area (TPSA) is 230 Å². The molecule has 0 saturated carbocycles. The van der Waals surface area contributed by atoms with Crippen LogP contribution < -0.4 is 21.3 Å². The average Bonchev–Trinajstić information content (AvgIpc) is 1.62. The molecule has 2 saturated heterocycles. The normalized spacial score (nSPS) is 18.5. The predicted molar refractivity (Wildman–Crippen MR) is 387 cm³/mol. The van der Waals surface area contributed by atoms with E-state index in [1.165, 1.54) is 24.0 Å². The number of ether oxygens (including phenoxy) is 1. The third-order valence-corrected chi connectivity index (χ3v) is 15.0. The Morgan fingerprint density at radius 1 is 0.632 bits per heavy atom. The van der Waals surface area contributed by atoms with Crippen LogP contribution in [0.3, 0.4) is 0 Å². The van der Waals surface area contributed by atoms with Crippen molar-refractivity contribution in [1.82, 2.24) is 31.1 Å². The number of oxime groups is 2. The highest BCUT2D eigenvalue weighted by atomic mass is 35.5. The quantitative estimate of drug-likeness (QED) is 0.108. The summed E-state index contributed by atoms with van der Waals surface area (Å²) in [5, 5.41) is 30.7. The van der Waals surface area contributed by atoms with E-state index in [0.29, 0.717) is 34.3 Å². The third kappa shape index (κ3) is 25.9. The first-order valence-corrected chi connectivity index (χ1v) is 30.8. The number of carboxylic acid groups (broad SMARTS) is 1. The Balaban J connectivity index is 0.000000364. The Kier molecular flexibility index (Phi) is 31.0. The number of amides is 6. The Bertz CT molecular complexity index is 3580. The molecule has 33 heteroatoms. The largest absolute Gasteiger partial charge is 0.480 e. The van der Waals surface area contributed by atoms with Crippen LogP contribution in [0.1, 0.15) is 120 Å². The van der Waals surface area contributed by atoms with E-state index in [4.69, 9.17) is 91.8 Å². The molecule has 18 nitrogen and oxygen atoms in total. The molecular formula is C62H72B13Cl2N8O10. The molecule has 5 N–H and O–H groups in total. The van der Waals surface area contributed by atoms with Crippen LogP contribution in [0.4, 0.5) is 9.59 Å². The van der Waals surface area contributed by atoms with Crippen LogP contribution in [-0.2, 0) is 33.6 Å². The predicted octanol–water partition coefficient (Wildman–Crippen LogP) is 4.45. The molecular weight excluding hydrogens is 1230 g/mol. The highest BCUT2D eigenvalue weighted by molar-refractivity contribution is 8.07. The summed E-state index contributed by atoms with van der Waals surface area (Å²) in [6, 6.07) is 9.72. The fraction of sp³-hybridized carbons (Fsp3) is 0.468. The highest BCUT2D eigenvalue weighted by Crippen LogP contribution is 2.42. The van der Waals surface area contributed by atoms with E-state index >= 15 is 0 Å². The van der Waals surface area contributed by atoms with Crippen molar-refractivity contribution in [1.29, 1.82) is 0 Å². The van der Waals surface area contributed by atoms with Crippen LogP contribution in [0.5, 0.6) is 0 Å². The maximum atomic E-state index is 13.8. The molecule has 473 valence electrons. The average molecular weight is 1300 g/mol. The van der Waals surface area contributed by atoms with Gasteiger partial charge < -0.3 is 50.6 Å². The number of likely N-dealkylation sites (tertiary alicyclic amines) is 2. The van der Waals surface area contributed by atoms with Crippen LogP contribution in [0.25, 0.3) is 0 Å². The van der Waals surface area contributed by atoms with Gasteiger partial charge in [-0.05, 0) is 141 Å². The summed E-state index contributed by atoms with van der Waals surface area (Å²) in [6.45, 7) is 28.8. The zero-order chi connectivity index (χ0) is 72.0. The van der Waals surface area contributed by atoms with Gasteiger partial charge in [0.05, 0.1) is 31.6 Å². The maximum Gasteiger partial charge on any atom is 0.328 e. The second kappa shape index (κ2) is 36.0. The first kappa shape index (κ1) is 81.8. The van der Waals surface area contributed by atoms with E-state index in [0.717, 1.165) is 11.1 Å². The molecule has 2 aromatic carbocycles. The summed E-state index contributed by atoms with van der Waals surface area (Å²) in [6.07, 6.45) is -1.80. The summed E-state index contributed by atoms with van der Waals surface area (Å²) in [5.74, 6) is -2.52. The molecule has 6 amide bonds. The molecule has 0 bridgehead atoms. The van der Waals surface area contributed by atoms with Crippen molar-refractivity contribution in [3.63, 3.8) is 0 Å². The van der Waals surface area contributed by atoms with Crippen molar-refractivity contribution in [2.75, 3.05) is 20.2 Å². The van der Waals surface area contributed by atoms with Gasteiger partial charge in [0, 0.05) is 151 Å². The number of carboxylic acids is 1. The summed E-state index contributed by atoms with van der Waals surface area (Å²) in [7, 11) is 40.8. The van der Waals surface area contributed by atoms with Gasteiger partial charge in [-0.25, -0.2) is 19.2 Å². The van der Waals surface area contributed by atoms with Crippen LogP contribution >= 0.6 is 23.2 Å². The second-order valence-electron chi connectivity index (χ2n) is 27.1. The van der Waals surface area contributed by atoms with Gasteiger partial charge in [0.2, 0.25) is 11.8 Å². The number of hydrogen-bond donors (Lipinski definition) is 5. The molecule has 15 radical (unpaired) electrons. The van der Waals surface area contributed by atoms with Gasteiger partial charge in [-0.3, -0.25) is 9.59 Å². The minimum atomic E-state index is -1.13. The third-order valence-electron chi connectivity index (χ3n) is 14.5. The van der Waals surface area contributed by atoms with Gasteiger partial charge in [-0.1, -0.05) is 111 Å². The molecule has 2 fully saturated rings. The number of rotatable bonds is 13. The Morgan fingerprint density at radius 2 is 0.989 bits per heavy atom. The van der Waals surface area contributed by atoms with Crippen LogP contribution in [-0.4, -0.2) is 222 Å².